The van der Waals surface area contributed by atoms with Gasteiger partial charge in [0.25, 0.3) is 0 Å². The van der Waals surface area contributed by atoms with Crippen LogP contribution in [0.4, 0.5) is 5.69 Å². The van der Waals surface area contributed by atoms with E-state index in [1.807, 2.05) is 56.3 Å². The predicted octanol–water partition coefficient (Wildman–Crippen LogP) is 4.62. The molecule has 1 fully saturated rings. The van der Waals surface area contributed by atoms with E-state index in [0.717, 1.165) is 30.0 Å². The van der Waals surface area contributed by atoms with Gasteiger partial charge in [0.1, 0.15) is 12.9 Å². The van der Waals surface area contributed by atoms with Crippen LogP contribution in [0, 0.1) is 11.3 Å². The Kier molecular flexibility index (Phi) is 6.82. The summed E-state index contributed by atoms with van der Waals surface area (Å²) in [6.07, 6.45) is 7.58. The van der Waals surface area contributed by atoms with Crippen molar-refractivity contribution in [2.24, 2.45) is 21.5 Å². The number of hydrogen-bond acceptors (Lipinski definition) is 7. The Morgan fingerprint density at radius 2 is 1.93 bits per heavy atom. The minimum atomic E-state index is -0.782. The third-order valence-corrected chi connectivity index (χ3v) is 5.78. The van der Waals surface area contributed by atoms with Crippen LogP contribution < -0.4 is 4.74 Å². The maximum absolute atomic E-state index is 12.5. The van der Waals surface area contributed by atoms with Crippen LogP contribution in [0.25, 0.3) is 0 Å². The molecular weight excluding hydrogens is 400 g/mol. The number of carbonyl (C=O) groups is 1. The number of allylic oxidation sites excluding steroid dienone is 3. The first kappa shape index (κ1) is 21.9. The Bertz CT molecular complexity index is 942. The standard InChI is InChI=1S/C23H26N2O4S/c1-5-29-17-13-11-16(12-14-17)24-21(15-9-10-15)23(2)18(7-6-8-19(23)30)20(25-28-4)22(26)27-3/h6-8,11-15H,5,9-10H2,1-4H3. The molecule has 2 aliphatic rings. The van der Waals surface area contributed by atoms with Crippen LogP contribution in [-0.2, 0) is 14.4 Å². The van der Waals surface area contributed by atoms with Gasteiger partial charge in [0.2, 0.25) is 0 Å². The first-order valence-electron chi connectivity index (χ1n) is 9.90. The van der Waals surface area contributed by atoms with Crippen molar-refractivity contribution in [3.63, 3.8) is 0 Å². The number of hydrogen-bond donors (Lipinski definition) is 0. The third-order valence-electron chi connectivity index (χ3n) is 5.23. The average Bonchev–Trinajstić information content (AvgIpc) is 3.58. The summed E-state index contributed by atoms with van der Waals surface area (Å²) in [5.74, 6) is 0.507. The van der Waals surface area contributed by atoms with Gasteiger partial charge in [0.05, 0.1) is 24.8 Å². The average molecular weight is 427 g/mol. The molecule has 0 saturated heterocycles. The summed E-state index contributed by atoms with van der Waals surface area (Å²) in [6.45, 7) is 4.55. The number of carbonyl (C=O) groups excluding carboxylic acids is 1. The number of thiocarbonyl (C=S) groups is 1. The Balaban J connectivity index is 2.09. The summed E-state index contributed by atoms with van der Waals surface area (Å²) in [4.78, 5) is 23.1. The van der Waals surface area contributed by atoms with Crippen molar-refractivity contribution < 1.29 is 19.1 Å². The number of nitrogens with zero attached hydrogens (tertiary/aromatic N) is 2. The first-order chi connectivity index (χ1) is 14.4. The molecule has 0 spiro atoms. The summed E-state index contributed by atoms with van der Waals surface area (Å²) in [6, 6.07) is 7.65. The van der Waals surface area contributed by atoms with Crippen LogP contribution in [0.3, 0.4) is 0 Å². The molecule has 1 atom stereocenters. The van der Waals surface area contributed by atoms with Crippen molar-refractivity contribution in [1.29, 1.82) is 0 Å². The highest BCUT2D eigenvalue weighted by molar-refractivity contribution is 7.81. The minimum absolute atomic E-state index is 0.0919. The van der Waals surface area contributed by atoms with E-state index < -0.39 is 11.4 Å². The van der Waals surface area contributed by atoms with Gasteiger partial charge in [-0.05, 0) is 62.9 Å². The van der Waals surface area contributed by atoms with E-state index in [4.69, 9.17) is 31.5 Å². The molecule has 0 heterocycles. The summed E-state index contributed by atoms with van der Waals surface area (Å²) in [7, 11) is 2.71. The Labute approximate surface area is 182 Å². The van der Waals surface area contributed by atoms with Gasteiger partial charge in [-0.3, -0.25) is 4.99 Å². The largest absolute Gasteiger partial charge is 0.494 e. The van der Waals surface area contributed by atoms with Gasteiger partial charge >= 0.3 is 5.97 Å². The summed E-state index contributed by atoms with van der Waals surface area (Å²) in [5.41, 5.74) is 1.66. The molecule has 30 heavy (non-hydrogen) atoms. The molecule has 0 amide bonds. The lowest BCUT2D eigenvalue weighted by Crippen LogP contribution is -2.43. The second-order valence-electron chi connectivity index (χ2n) is 7.24. The van der Waals surface area contributed by atoms with Crippen LogP contribution in [0.2, 0.25) is 0 Å². The molecule has 6 nitrogen and oxygen atoms in total. The van der Waals surface area contributed by atoms with Crippen molar-refractivity contribution in [2.45, 2.75) is 26.7 Å². The first-order valence-corrected chi connectivity index (χ1v) is 10.3. The highest BCUT2D eigenvalue weighted by Crippen LogP contribution is 2.46. The Morgan fingerprint density at radius 3 is 2.50 bits per heavy atom. The molecular formula is C23H26N2O4S. The second kappa shape index (κ2) is 9.34. The van der Waals surface area contributed by atoms with Crippen molar-refractivity contribution in [1.82, 2.24) is 0 Å². The van der Waals surface area contributed by atoms with Gasteiger partial charge in [-0.1, -0.05) is 29.5 Å². The van der Waals surface area contributed by atoms with E-state index in [-0.39, 0.29) is 11.6 Å². The molecule has 0 radical (unpaired) electrons. The molecule has 3 rings (SSSR count). The van der Waals surface area contributed by atoms with Gasteiger partial charge in [0.15, 0.2) is 5.71 Å². The topological polar surface area (TPSA) is 69.5 Å². The van der Waals surface area contributed by atoms with Crippen LogP contribution in [0.5, 0.6) is 5.75 Å². The zero-order valence-electron chi connectivity index (χ0n) is 17.7. The van der Waals surface area contributed by atoms with Crippen molar-refractivity contribution in [3.8, 4) is 5.75 Å². The van der Waals surface area contributed by atoms with Gasteiger partial charge in [0, 0.05) is 16.1 Å². The molecule has 2 aliphatic carbocycles. The van der Waals surface area contributed by atoms with Gasteiger partial charge < -0.3 is 14.3 Å². The summed E-state index contributed by atoms with van der Waals surface area (Å²) >= 11 is 5.76. The zero-order chi connectivity index (χ0) is 21.7. The predicted molar refractivity (Wildman–Crippen MR) is 122 cm³/mol. The number of aliphatic imine (C=N–C) groups is 1. The highest BCUT2D eigenvalue weighted by Gasteiger charge is 2.48. The lowest BCUT2D eigenvalue weighted by Gasteiger charge is -2.35. The van der Waals surface area contributed by atoms with Gasteiger partial charge in [-0.25, -0.2) is 4.79 Å². The molecule has 158 valence electrons. The fourth-order valence-corrected chi connectivity index (χ4v) is 3.85. The molecule has 1 aromatic carbocycles. The second-order valence-corrected chi connectivity index (χ2v) is 7.68. The number of esters is 1. The monoisotopic (exact) mass is 426 g/mol. The minimum Gasteiger partial charge on any atom is -0.494 e. The maximum Gasteiger partial charge on any atom is 0.360 e. The molecule has 1 unspecified atom stereocenters. The Morgan fingerprint density at radius 1 is 1.23 bits per heavy atom. The smallest absolute Gasteiger partial charge is 0.360 e. The van der Waals surface area contributed by atoms with E-state index in [1.165, 1.54) is 14.2 Å². The van der Waals surface area contributed by atoms with Crippen molar-refractivity contribution in [2.75, 3.05) is 20.8 Å². The van der Waals surface area contributed by atoms with E-state index in [0.29, 0.717) is 17.0 Å². The number of benzene rings is 1. The highest BCUT2D eigenvalue weighted by atomic mass is 32.1. The SMILES string of the molecule is CCOc1ccc(N=C(C2CC2)C2(C)C(=S)C=CC=C2C(=NOC)C(=O)OC)cc1. The third kappa shape index (κ3) is 4.36. The zero-order valence-corrected chi connectivity index (χ0v) is 18.5. The normalized spacial score (nSPS) is 21.9. The lowest BCUT2D eigenvalue weighted by atomic mass is 9.69. The molecule has 1 saturated carbocycles. The molecule has 0 aliphatic heterocycles. The molecule has 0 bridgehead atoms. The van der Waals surface area contributed by atoms with E-state index >= 15 is 0 Å². The summed E-state index contributed by atoms with van der Waals surface area (Å²) in [5, 5.41) is 3.96. The lowest BCUT2D eigenvalue weighted by molar-refractivity contribution is -0.132. The maximum atomic E-state index is 12.5. The number of rotatable bonds is 8. The van der Waals surface area contributed by atoms with Crippen molar-refractivity contribution >= 4 is 40.2 Å². The van der Waals surface area contributed by atoms with Crippen LogP contribution in [0.15, 0.2) is 58.2 Å². The van der Waals surface area contributed by atoms with Crippen LogP contribution in [0.1, 0.15) is 26.7 Å². The molecule has 7 heteroatoms. The van der Waals surface area contributed by atoms with Gasteiger partial charge in [-0.2, -0.15) is 0 Å². The Hall–Kier alpha value is -2.80. The van der Waals surface area contributed by atoms with Gasteiger partial charge in [-0.15, -0.1) is 0 Å². The van der Waals surface area contributed by atoms with E-state index in [1.54, 1.807) is 0 Å². The number of oxime groups is 1. The molecule has 0 aromatic heterocycles. The van der Waals surface area contributed by atoms with E-state index in [2.05, 4.69) is 5.16 Å². The number of methoxy groups -OCH3 is 1. The molecule has 1 aromatic rings. The fraction of sp³-hybridized carbons (Fsp3) is 0.391. The summed E-state index contributed by atoms with van der Waals surface area (Å²) < 4.78 is 10.5. The van der Waals surface area contributed by atoms with Crippen LogP contribution in [-0.4, -0.2) is 43.1 Å². The molecule has 0 N–H and O–H groups in total. The fourth-order valence-electron chi connectivity index (χ4n) is 3.55. The van der Waals surface area contributed by atoms with E-state index in [9.17, 15) is 4.79 Å². The number of ether oxygens (including phenoxy) is 2. The quantitative estimate of drug-likeness (QED) is 0.263. The van der Waals surface area contributed by atoms with Crippen LogP contribution >= 0.6 is 12.2 Å². The van der Waals surface area contributed by atoms with Crippen molar-refractivity contribution in [3.05, 3.63) is 48.1 Å².